The molecule has 0 fully saturated rings. The van der Waals surface area contributed by atoms with E-state index in [1.807, 2.05) is 32.0 Å². The summed E-state index contributed by atoms with van der Waals surface area (Å²) in [6.07, 6.45) is 1.61. The third-order valence-electron chi connectivity index (χ3n) is 2.97. The van der Waals surface area contributed by atoms with Crippen LogP contribution in [0, 0.1) is 25.7 Å². The van der Waals surface area contributed by atoms with Crippen LogP contribution in [0.2, 0.25) is 0 Å². The molecule has 106 valence electrons. The maximum atomic E-state index is 12.3. The Bertz CT molecular complexity index is 726. The van der Waals surface area contributed by atoms with Gasteiger partial charge in [-0.05, 0) is 37.6 Å². The summed E-state index contributed by atoms with van der Waals surface area (Å²) < 4.78 is 0. The Morgan fingerprint density at radius 3 is 2.86 bits per heavy atom. The number of aromatic nitrogens is 1. The van der Waals surface area contributed by atoms with E-state index in [4.69, 9.17) is 5.73 Å². The van der Waals surface area contributed by atoms with Gasteiger partial charge in [0.1, 0.15) is 5.82 Å². The van der Waals surface area contributed by atoms with Crippen LogP contribution in [0.4, 0.5) is 5.82 Å². The van der Waals surface area contributed by atoms with Gasteiger partial charge in [-0.15, -0.1) is 0 Å². The highest BCUT2D eigenvalue weighted by Crippen LogP contribution is 2.13. The first-order chi connectivity index (χ1) is 10.1. The van der Waals surface area contributed by atoms with Crippen LogP contribution >= 0.6 is 0 Å². The molecule has 0 aliphatic carbocycles. The van der Waals surface area contributed by atoms with Crippen molar-refractivity contribution in [2.24, 2.45) is 5.73 Å². The number of carbonyl (C=O) groups is 1. The van der Waals surface area contributed by atoms with Gasteiger partial charge in [-0.2, -0.15) is 0 Å². The Kier molecular flexibility index (Phi) is 4.70. The number of hydrogen-bond donors (Lipinski definition) is 2. The monoisotopic (exact) mass is 279 g/mol. The van der Waals surface area contributed by atoms with Crippen molar-refractivity contribution >= 4 is 11.7 Å². The number of rotatable bonds is 2. The summed E-state index contributed by atoms with van der Waals surface area (Å²) in [6.45, 7) is 4.16. The highest BCUT2D eigenvalue weighted by molar-refractivity contribution is 6.04. The summed E-state index contributed by atoms with van der Waals surface area (Å²) in [5.74, 6) is 5.99. The fraction of sp³-hybridized carbons (Fsp3) is 0.176. The molecule has 1 heterocycles. The van der Waals surface area contributed by atoms with Crippen LogP contribution in [0.3, 0.4) is 0 Å². The van der Waals surface area contributed by atoms with Gasteiger partial charge in [0.15, 0.2) is 0 Å². The lowest BCUT2D eigenvalue weighted by molar-refractivity contribution is 0.102. The number of nitrogens with one attached hydrogen (secondary N) is 1. The van der Waals surface area contributed by atoms with E-state index in [1.54, 1.807) is 18.3 Å². The number of pyridine rings is 1. The van der Waals surface area contributed by atoms with E-state index >= 15 is 0 Å². The van der Waals surface area contributed by atoms with E-state index in [0.29, 0.717) is 17.9 Å². The molecule has 0 bridgehead atoms. The molecule has 0 spiro atoms. The molecule has 1 amide bonds. The normalized spacial score (nSPS) is 9.67. The topological polar surface area (TPSA) is 68.0 Å². The second-order valence-corrected chi connectivity index (χ2v) is 4.71. The van der Waals surface area contributed by atoms with Crippen LogP contribution in [-0.2, 0) is 0 Å². The second kappa shape index (κ2) is 6.69. The SMILES string of the molecule is Cc1ccc(C)c(C(=O)Nc2cc(C#CCN)ccn2)c1. The van der Waals surface area contributed by atoms with E-state index in [0.717, 1.165) is 16.7 Å². The van der Waals surface area contributed by atoms with Crippen LogP contribution in [-0.4, -0.2) is 17.4 Å². The first kappa shape index (κ1) is 14.8. The number of nitrogens with zero attached hydrogens (tertiary/aromatic N) is 1. The van der Waals surface area contributed by atoms with Crippen molar-refractivity contribution < 1.29 is 4.79 Å². The smallest absolute Gasteiger partial charge is 0.257 e. The summed E-state index contributed by atoms with van der Waals surface area (Å²) in [7, 11) is 0. The van der Waals surface area contributed by atoms with Gasteiger partial charge in [-0.25, -0.2) is 4.98 Å². The molecule has 0 atom stereocenters. The Balaban J connectivity index is 2.21. The molecular formula is C17H17N3O. The van der Waals surface area contributed by atoms with Gasteiger partial charge in [-0.1, -0.05) is 29.5 Å². The summed E-state index contributed by atoms with van der Waals surface area (Å²) in [5, 5.41) is 2.79. The number of aryl methyl sites for hydroxylation is 2. The fourth-order valence-corrected chi connectivity index (χ4v) is 1.89. The van der Waals surface area contributed by atoms with Gasteiger partial charge in [-0.3, -0.25) is 4.79 Å². The van der Waals surface area contributed by atoms with Gasteiger partial charge >= 0.3 is 0 Å². The molecule has 0 aliphatic heterocycles. The van der Waals surface area contributed by atoms with Crippen molar-refractivity contribution in [3.05, 3.63) is 58.8 Å². The molecule has 3 N–H and O–H groups in total. The van der Waals surface area contributed by atoms with E-state index in [9.17, 15) is 4.79 Å². The van der Waals surface area contributed by atoms with Crippen LogP contribution < -0.4 is 11.1 Å². The van der Waals surface area contributed by atoms with Gasteiger partial charge in [0.05, 0.1) is 6.54 Å². The number of nitrogens with two attached hydrogens (primary N) is 1. The lowest BCUT2D eigenvalue weighted by Gasteiger charge is -2.08. The zero-order valence-corrected chi connectivity index (χ0v) is 12.1. The highest BCUT2D eigenvalue weighted by Gasteiger charge is 2.10. The number of hydrogen-bond acceptors (Lipinski definition) is 3. The zero-order chi connectivity index (χ0) is 15.2. The first-order valence-electron chi connectivity index (χ1n) is 6.64. The van der Waals surface area contributed by atoms with E-state index < -0.39 is 0 Å². The van der Waals surface area contributed by atoms with E-state index in [2.05, 4.69) is 22.1 Å². The van der Waals surface area contributed by atoms with Crippen LogP contribution in [0.1, 0.15) is 27.0 Å². The molecule has 0 radical (unpaired) electrons. The summed E-state index contributed by atoms with van der Waals surface area (Å²) in [5.41, 5.74) is 8.73. The van der Waals surface area contributed by atoms with Crippen molar-refractivity contribution in [1.82, 2.24) is 4.98 Å². The maximum Gasteiger partial charge on any atom is 0.257 e. The molecule has 0 saturated heterocycles. The molecule has 21 heavy (non-hydrogen) atoms. The van der Waals surface area contributed by atoms with Crippen molar-refractivity contribution in [3.63, 3.8) is 0 Å². The lowest BCUT2D eigenvalue weighted by Crippen LogP contribution is -2.14. The molecule has 0 saturated carbocycles. The Morgan fingerprint density at radius 1 is 1.29 bits per heavy atom. The maximum absolute atomic E-state index is 12.3. The largest absolute Gasteiger partial charge is 0.320 e. The summed E-state index contributed by atoms with van der Waals surface area (Å²) >= 11 is 0. The molecule has 4 heteroatoms. The van der Waals surface area contributed by atoms with E-state index in [-0.39, 0.29) is 5.91 Å². The van der Waals surface area contributed by atoms with E-state index in [1.165, 1.54) is 0 Å². The van der Waals surface area contributed by atoms with Gasteiger partial charge in [0, 0.05) is 17.3 Å². The minimum atomic E-state index is -0.173. The Hall–Kier alpha value is -2.64. The molecule has 1 aromatic carbocycles. The molecular weight excluding hydrogens is 262 g/mol. The minimum Gasteiger partial charge on any atom is -0.320 e. The Labute approximate surface area is 124 Å². The predicted molar refractivity (Wildman–Crippen MR) is 84.0 cm³/mol. The Morgan fingerprint density at radius 2 is 2.10 bits per heavy atom. The van der Waals surface area contributed by atoms with Crippen molar-refractivity contribution in [1.29, 1.82) is 0 Å². The molecule has 0 aliphatic rings. The number of amides is 1. The van der Waals surface area contributed by atoms with Crippen molar-refractivity contribution in [2.45, 2.75) is 13.8 Å². The molecule has 4 nitrogen and oxygen atoms in total. The lowest BCUT2D eigenvalue weighted by atomic mass is 10.1. The van der Waals surface area contributed by atoms with Crippen LogP contribution in [0.5, 0.6) is 0 Å². The minimum absolute atomic E-state index is 0.173. The van der Waals surface area contributed by atoms with Crippen molar-refractivity contribution in [2.75, 3.05) is 11.9 Å². The molecule has 0 unspecified atom stereocenters. The summed E-state index contributed by atoms with van der Waals surface area (Å²) in [6, 6.07) is 9.28. The average molecular weight is 279 g/mol. The standard InChI is InChI=1S/C17H17N3O/c1-12-5-6-13(2)15(10-12)17(21)20-16-11-14(4-3-8-18)7-9-19-16/h5-7,9-11H,8,18H2,1-2H3,(H,19,20,21). The first-order valence-corrected chi connectivity index (χ1v) is 6.64. The average Bonchev–Trinajstić information content (AvgIpc) is 2.48. The number of carbonyl (C=O) groups excluding carboxylic acids is 1. The summed E-state index contributed by atoms with van der Waals surface area (Å²) in [4.78, 5) is 16.4. The quantitative estimate of drug-likeness (QED) is 0.829. The van der Waals surface area contributed by atoms with Crippen molar-refractivity contribution in [3.8, 4) is 11.8 Å². The fourth-order valence-electron chi connectivity index (χ4n) is 1.89. The van der Waals surface area contributed by atoms with Gasteiger partial charge < -0.3 is 11.1 Å². The molecule has 2 aromatic rings. The zero-order valence-electron chi connectivity index (χ0n) is 12.1. The van der Waals surface area contributed by atoms with Gasteiger partial charge in [0.2, 0.25) is 0 Å². The molecule has 2 rings (SSSR count). The third-order valence-corrected chi connectivity index (χ3v) is 2.97. The third kappa shape index (κ3) is 3.91. The van der Waals surface area contributed by atoms with Gasteiger partial charge in [0.25, 0.3) is 5.91 Å². The number of anilines is 1. The molecule has 1 aromatic heterocycles. The second-order valence-electron chi connectivity index (χ2n) is 4.71. The highest BCUT2D eigenvalue weighted by atomic mass is 16.1. The van der Waals surface area contributed by atoms with Crippen LogP contribution in [0.25, 0.3) is 0 Å². The number of benzene rings is 1. The van der Waals surface area contributed by atoms with Crippen LogP contribution in [0.15, 0.2) is 36.5 Å². The predicted octanol–water partition coefficient (Wildman–Crippen LogP) is 2.26.